The minimum atomic E-state index is -4.66. The van der Waals surface area contributed by atoms with E-state index >= 15 is 0 Å². The number of rotatable bonds is 3. The normalized spacial score (nSPS) is 14.0. The fraction of sp³-hybridized carbons (Fsp3) is 0.778. The molecule has 0 rings (SSSR count). The number of carbonyl (C=O) groups excluding carboxylic acids is 1. The minimum Gasteiger partial charge on any atom is -0.465 e. The highest BCUT2D eigenvalue weighted by Crippen LogP contribution is 2.23. The van der Waals surface area contributed by atoms with Crippen molar-refractivity contribution in [1.29, 1.82) is 0 Å². The molecule has 100 valence electrons. The molecular weight excluding hydrogens is 243 g/mol. The fourth-order valence-electron chi connectivity index (χ4n) is 0.947. The van der Waals surface area contributed by atoms with Gasteiger partial charge in [0.25, 0.3) is 0 Å². The summed E-state index contributed by atoms with van der Waals surface area (Å²) in [6.07, 6.45) is -7.98. The van der Waals surface area contributed by atoms with Crippen LogP contribution in [-0.4, -0.2) is 35.0 Å². The van der Waals surface area contributed by atoms with Crippen LogP contribution in [0.5, 0.6) is 0 Å². The van der Waals surface area contributed by atoms with Crippen molar-refractivity contribution in [2.24, 2.45) is 0 Å². The summed E-state index contributed by atoms with van der Waals surface area (Å²) >= 11 is 0. The van der Waals surface area contributed by atoms with E-state index in [1.807, 2.05) is 0 Å². The van der Waals surface area contributed by atoms with Crippen molar-refractivity contribution >= 4 is 12.1 Å². The molecule has 0 heterocycles. The van der Waals surface area contributed by atoms with E-state index < -0.39 is 36.3 Å². The first kappa shape index (κ1) is 15.5. The van der Waals surface area contributed by atoms with E-state index in [9.17, 15) is 22.8 Å². The van der Waals surface area contributed by atoms with Gasteiger partial charge in [0.15, 0.2) is 0 Å². The first-order chi connectivity index (χ1) is 7.41. The molecular formula is C9H14F3NO4. The van der Waals surface area contributed by atoms with E-state index in [1.54, 1.807) is 0 Å². The first-order valence-corrected chi connectivity index (χ1v) is 4.70. The average Bonchev–Trinajstić information content (AvgIpc) is 1.95. The van der Waals surface area contributed by atoms with Gasteiger partial charge in [-0.25, -0.2) is 9.59 Å². The van der Waals surface area contributed by atoms with Crippen molar-refractivity contribution in [3.05, 3.63) is 0 Å². The maximum Gasteiger partial charge on any atom is 0.405 e. The molecule has 2 N–H and O–H groups in total. The number of esters is 1. The van der Waals surface area contributed by atoms with E-state index in [4.69, 9.17) is 5.11 Å². The van der Waals surface area contributed by atoms with Gasteiger partial charge in [-0.3, -0.25) is 0 Å². The summed E-state index contributed by atoms with van der Waals surface area (Å²) < 4.78 is 41.0. The average molecular weight is 257 g/mol. The third-order valence-corrected chi connectivity index (χ3v) is 1.42. The predicted octanol–water partition coefficient (Wildman–Crippen LogP) is 1.92. The lowest BCUT2D eigenvalue weighted by atomic mass is 10.1. The van der Waals surface area contributed by atoms with Crippen LogP contribution in [-0.2, 0) is 9.53 Å². The molecule has 5 nitrogen and oxygen atoms in total. The fourth-order valence-corrected chi connectivity index (χ4v) is 0.947. The zero-order valence-electron chi connectivity index (χ0n) is 9.59. The van der Waals surface area contributed by atoms with Crippen molar-refractivity contribution in [3.63, 3.8) is 0 Å². The lowest BCUT2D eigenvalue weighted by Gasteiger charge is -2.24. The highest BCUT2D eigenvalue weighted by molar-refractivity contribution is 5.81. The highest BCUT2D eigenvalue weighted by Gasteiger charge is 2.38. The lowest BCUT2D eigenvalue weighted by Crippen LogP contribution is -2.46. The van der Waals surface area contributed by atoms with Gasteiger partial charge in [0.05, 0.1) is 6.42 Å². The van der Waals surface area contributed by atoms with Crippen LogP contribution < -0.4 is 5.32 Å². The zero-order valence-corrected chi connectivity index (χ0v) is 9.59. The van der Waals surface area contributed by atoms with Gasteiger partial charge in [0, 0.05) is 0 Å². The summed E-state index contributed by atoms with van der Waals surface area (Å²) in [4.78, 5) is 21.6. The Bertz CT molecular complexity index is 296. The molecule has 17 heavy (non-hydrogen) atoms. The number of ether oxygens (including phenoxy) is 1. The summed E-state index contributed by atoms with van der Waals surface area (Å²) in [6, 6.07) is -1.95. The Hall–Kier alpha value is -1.47. The first-order valence-electron chi connectivity index (χ1n) is 4.70. The Kier molecular flexibility index (Phi) is 4.79. The maximum absolute atomic E-state index is 12.1. The number of hydrogen-bond acceptors (Lipinski definition) is 3. The summed E-state index contributed by atoms with van der Waals surface area (Å²) in [5, 5.41) is 9.82. The van der Waals surface area contributed by atoms with E-state index in [0.29, 0.717) is 0 Å². The Labute approximate surface area is 95.9 Å². The van der Waals surface area contributed by atoms with Gasteiger partial charge in [-0.05, 0) is 20.8 Å². The summed E-state index contributed by atoms with van der Waals surface area (Å²) in [6.45, 7) is 4.41. The molecule has 1 amide bonds. The molecule has 0 aromatic carbocycles. The number of carbonyl (C=O) groups is 2. The van der Waals surface area contributed by atoms with Crippen molar-refractivity contribution in [2.75, 3.05) is 0 Å². The third kappa shape index (κ3) is 8.35. The van der Waals surface area contributed by atoms with Gasteiger partial charge in [-0.1, -0.05) is 0 Å². The number of hydrogen-bond donors (Lipinski definition) is 2. The lowest BCUT2D eigenvalue weighted by molar-refractivity contribution is -0.170. The SMILES string of the molecule is CC(C)(C)OC(=O)C(CC(F)(F)F)NC(=O)O. The van der Waals surface area contributed by atoms with Crippen molar-refractivity contribution < 1.29 is 32.6 Å². The topological polar surface area (TPSA) is 75.6 Å². The van der Waals surface area contributed by atoms with Crippen LogP contribution >= 0.6 is 0 Å². The van der Waals surface area contributed by atoms with Gasteiger partial charge < -0.3 is 15.2 Å². The van der Waals surface area contributed by atoms with Gasteiger partial charge in [0.1, 0.15) is 11.6 Å². The molecule has 0 aromatic rings. The second-order valence-corrected chi connectivity index (χ2v) is 4.35. The van der Waals surface area contributed by atoms with Gasteiger partial charge >= 0.3 is 18.2 Å². The molecule has 1 atom stereocenters. The van der Waals surface area contributed by atoms with Crippen LogP contribution in [0.2, 0.25) is 0 Å². The second kappa shape index (κ2) is 5.24. The maximum atomic E-state index is 12.1. The molecule has 0 fully saturated rings. The van der Waals surface area contributed by atoms with E-state index in [1.165, 1.54) is 26.1 Å². The number of halogens is 3. The van der Waals surface area contributed by atoms with Crippen molar-refractivity contribution in [3.8, 4) is 0 Å². The van der Waals surface area contributed by atoms with Crippen molar-refractivity contribution in [1.82, 2.24) is 5.32 Å². The quantitative estimate of drug-likeness (QED) is 0.757. The Morgan fingerprint density at radius 3 is 2.06 bits per heavy atom. The van der Waals surface area contributed by atoms with Crippen molar-refractivity contribution in [2.45, 2.75) is 45.0 Å². The van der Waals surface area contributed by atoms with Crippen LogP contribution in [0.3, 0.4) is 0 Å². The number of carboxylic acid groups (broad SMARTS) is 1. The molecule has 0 aliphatic carbocycles. The Morgan fingerprint density at radius 2 is 1.76 bits per heavy atom. The monoisotopic (exact) mass is 257 g/mol. The van der Waals surface area contributed by atoms with Crippen LogP contribution in [0.15, 0.2) is 0 Å². The summed E-state index contributed by atoms with van der Waals surface area (Å²) in [5.41, 5.74) is -0.985. The molecule has 0 aliphatic heterocycles. The number of alkyl halides is 3. The van der Waals surface area contributed by atoms with Crippen LogP contribution in [0.1, 0.15) is 27.2 Å². The molecule has 0 saturated carbocycles. The third-order valence-electron chi connectivity index (χ3n) is 1.42. The standard InChI is InChI=1S/C9H14F3NO4/c1-8(2,3)17-6(14)5(13-7(15)16)4-9(10,11)12/h5,13H,4H2,1-3H3,(H,15,16). The highest BCUT2D eigenvalue weighted by atomic mass is 19.4. The molecule has 0 bridgehead atoms. The number of amides is 1. The van der Waals surface area contributed by atoms with E-state index in [2.05, 4.69) is 4.74 Å². The van der Waals surface area contributed by atoms with Crippen LogP contribution in [0.25, 0.3) is 0 Å². The summed E-state index contributed by atoms with van der Waals surface area (Å²) in [5.74, 6) is -1.25. The Balaban J connectivity index is 4.68. The van der Waals surface area contributed by atoms with Crippen LogP contribution in [0.4, 0.5) is 18.0 Å². The molecule has 0 spiro atoms. The van der Waals surface area contributed by atoms with Crippen LogP contribution in [0, 0.1) is 0 Å². The minimum absolute atomic E-state index is 0.985. The van der Waals surface area contributed by atoms with E-state index in [-0.39, 0.29) is 0 Å². The number of nitrogens with one attached hydrogen (secondary N) is 1. The molecule has 0 saturated heterocycles. The largest absolute Gasteiger partial charge is 0.465 e. The Morgan fingerprint density at radius 1 is 1.29 bits per heavy atom. The van der Waals surface area contributed by atoms with Gasteiger partial charge in [0.2, 0.25) is 0 Å². The second-order valence-electron chi connectivity index (χ2n) is 4.35. The van der Waals surface area contributed by atoms with E-state index in [0.717, 1.165) is 0 Å². The van der Waals surface area contributed by atoms with Gasteiger partial charge in [-0.15, -0.1) is 0 Å². The molecule has 0 aromatic heterocycles. The molecule has 0 radical (unpaired) electrons. The zero-order chi connectivity index (χ0) is 13.9. The molecule has 8 heteroatoms. The molecule has 1 unspecified atom stereocenters. The summed E-state index contributed by atoms with van der Waals surface area (Å²) in [7, 11) is 0. The van der Waals surface area contributed by atoms with Gasteiger partial charge in [-0.2, -0.15) is 13.2 Å². The smallest absolute Gasteiger partial charge is 0.405 e. The molecule has 0 aliphatic rings. The predicted molar refractivity (Wildman–Crippen MR) is 51.5 cm³/mol.